The molecule has 1 amide bonds. The summed E-state index contributed by atoms with van der Waals surface area (Å²) in [6, 6.07) is 7.00. The van der Waals surface area contributed by atoms with Gasteiger partial charge in [0.25, 0.3) is 0 Å². The molecule has 0 fully saturated rings. The van der Waals surface area contributed by atoms with Gasteiger partial charge in [0.15, 0.2) is 5.78 Å². The standard InChI is InChI=1S/C15H22N2O3/c1-4-9-17(11-15(19)16-2)10-14(18)12-5-7-13(20-3)8-6-12/h5-8H,4,9-11H2,1-3H3,(H,16,19). The van der Waals surface area contributed by atoms with E-state index in [9.17, 15) is 9.59 Å². The van der Waals surface area contributed by atoms with E-state index >= 15 is 0 Å². The predicted octanol–water partition coefficient (Wildman–Crippen LogP) is 1.34. The summed E-state index contributed by atoms with van der Waals surface area (Å²) in [7, 11) is 3.18. The maximum absolute atomic E-state index is 12.2. The third kappa shape index (κ3) is 5.01. The van der Waals surface area contributed by atoms with E-state index in [-0.39, 0.29) is 24.8 Å². The number of Topliss-reactive ketones (excluding diaryl/α,β-unsaturated/α-hetero) is 1. The smallest absolute Gasteiger partial charge is 0.233 e. The van der Waals surface area contributed by atoms with Crippen LogP contribution in [0.5, 0.6) is 5.75 Å². The summed E-state index contributed by atoms with van der Waals surface area (Å²) in [4.78, 5) is 25.5. The number of rotatable bonds is 8. The van der Waals surface area contributed by atoms with Crippen molar-refractivity contribution in [2.24, 2.45) is 0 Å². The summed E-state index contributed by atoms with van der Waals surface area (Å²) in [5, 5.41) is 2.57. The first kappa shape index (κ1) is 16.2. The Morgan fingerprint density at radius 1 is 1.20 bits per heavy atom. The third-order valence-corrected chi connectivity index (χ3v) is 2.97. The van der Waals surface area contributed by atoms with Gasteiger partial charge in [-0.25, -0.2) is 0 Å². The second-order valence-electron chi connectivity index (χ2n) is 4.54. The van der Waals surface area contributed by atoms with Gasteiger partial charge >= 0.3 is 0 Å². The molecular weight excluding hydrogens is 256 g/mol. The van der Waals surface area contributed by atoms with Crippen molar-refractivity contribution in [2.75, 3.05) is 33.8 Å². The number of amides is 1. The summed E-state index contributed by atoms with van der Waals surface area (Å²) < 4.78 is 5.06. The second-order valence-corrected chi connectivity index (χ2v) is 4.54. The van der Waals surface area contributed by atoms with Crippen LogP contribution in [-0.4, -0.2) is 50.4 Å². The molecule has 0 aliphatic carbocycles. The Morgan fingerprint density at radius 3 is 2.35 bits per heavy atom. The lowest BCUT2D eigenvalue weighted by Gasteiger charge is -2.19. The van der Waals surface area contributed by atoms with E-state index in [0.717, 1.165) is 18.7 Å². The van der Waals surface area contributed by atoms with Gasteiger partial charge in [0, 0.05) is 12.6 Å². The zero-order valence-electron chi connectivity index (χ0n) is 12.3. The van der Waals surface area contributed by atoms with Crippen LogP contribution in [0.2, 0.25) is 0 Å². The molecule has 1 aromatic carbocycles. The highest BCUT2D eigenvalue weighted by atomic mass is 16.5. The number of ether oxygens (including phenoxy) is 1. The van der Waals surface area contributed by atoms with Crippen molar-refractivity contribution < 1.29 is 14.3 Å². The molecular formula is C15H22N2O3. The fourth-order valence-electron chi connectivity index (χ4n) is 1.88. The molecule has 0 bridgehead atoms. The van der Waals surface area contributed by atoms with Crippen LogP contribution in [0.15, 0.2) is 24.3 Å². The maximum Gasteiger partial charge on any atom is 0.233 e. The Kier molecular flexibility index (Phi) is 6.73. The van der Waals surface area contributed by atoms with Crippen LogP contribution in [0.1, 0.15) is 23.7 Å². The lowest BCUT2D eigenvalue weighted by atomic mass is 10.1. The van der Waals surface area contributed by atoms with Gasteiger partial charge in [-0.3, -0.25) is 14.5 Å². The number of ketones is 1. The minimum absolute atomic E-state index is 0.00464. The average molecular weight is 278 g/mol. The zero-order valence-corrected chi connectivity index (χ0v) is 12.3. The van der Waals surface area contributed by atoms with Crippen molar-refractivity contribution in [3.63, 3.8) is 0 Å². The first-order valence-corrected chi connectivity index (χ1v) is 6.70. The van der Waals surface area contributed by atoms with Crippen LogP contribution in [0.4, 0.5) is 0 Å². The molecule has 0 unspecified atom stereocenters. The molecule has 0 spiro atoms. The molecule has 20 heavy (non-hydrogen) atoms. The van der Waals surface area contributed by atoms with E-state index in [0.29, 0.717) is 5.56 Å². The molecule has 110 valence electrons. The molecule has 1 aromatic rings. The normalized spacial score (nSPS) is 10.4. The summed E-state index contributed by atoms with van der Waals surface area (Å²) in [5.74, 6) is 0.642. The number of nitrogens with zero attached hydrogens (tertiary/aromatic N) is 1. The van der Waals surface area contributed by atoms with Crippen LogP contribution in [0.3, 0.4) is 0 Å². The highest BCUT2D eigenvalue weighted by molar-refractivity contribution is 5.98. The predicted molar refractivity (Wildman–Crippen MR) is 78.1 cm³/mol. The monoisotopic (exact) mass is 278 g/mol. The van der Waals surface area contributed by atoms with Gasteiger partial charge in [0.05, 0.1) is 20.2 Å². The molecule has 5 heteroatoms. The third-order valence-electron chi connectivity index (χ3n) is 2.97. The van der Waals surface area contributed by atoms with Gasteiger partial charge in [-0.2, -0.15) is 0 Å². The molecule has 0 atom stereocenters. The van der Waals surface area contributed by atoms with E-state index in [4.69, 9.17) is 4.74 Å². The Labute approximate surface area is 119 Å². The van der Waals surface area contributed by atoms with Crippen molar-refractivity contribution in [2.45, 2.75) is 13.3 Å². The first-order valence-electron chi connectivity index (χ1n) is 6.70. The minimum Gasteiger partial charge on any atom is -0.497 e. The molecule has 1 rings (SSSR count). The van der Waals surface area contributed by atoms with Crippen LogP contribution in [-0.2, 0) is 4.79 Å². The molecule has 0 radical (unpaired) electrons. The van der Waals surface area contributed by atoms with E-state index in [1.807, 2.05) is 11.8 Å². The van der Waals surface area contributed by atoms with Crippen molar-refractivity contribution in [3.05, 3.63) is 29.8 Å². The van der Waals surface area contributed by atoms with E-state index in [2.05, 4.69) is 5.32 Å². The minimum atomic E-state index is -0.0824. The quantitative estimate of drug-likeness (QED) is 0.729. The number of carbonyl (C=O) groups is 2. The fraction of sp³-hybridized carbons (Fsp3) is 0.467. The summed E-state index contributed by atoms with van der Waals surface area (Å²) in [6.07, 6.45) is 0.896. The summed E-state index contributed by atoms with van der Waals surface area (Å²) >= 11 is 0. The van der Waals surface area contributed by atoms with Gasteiger partial charge in [-0.15, -0.1) is 0 Å². The molecule has 0 aromatic heterocycles. The van der Waals surface area contributed by atoms with Crippen molar-refractivity contribution in [1.29, 1.82) is 0 Å². The highest BCUT2D eigenvalue weighted by Gasteiger charge is 2.14. The fourth-order valence-corrected chi connectivity index (χ4v) is 1.88. The molecule has 0 aliphatic rings. The van der Waals surface area contributed by atoms with Gasteiger partial charge in [0.2, 0.25) is 5.91 Å². The molecule has 1 N–H and O–H groups in total. The van der Waals surface area contributed by atoms with Crippen molar-refractivity contribution in [3.8, 4) is 5.75 Å². The average Bonchev–Trinajstić information content (AvgIpc) is 2.47. The van der Waals surface area contributed by atoms with E-state index in [1.54, 1.807) is 38.4 Å². The van der Waals surface area contributed by atoms with Gasteiger partial charge in [-0.1, -0.05) is 6.92 Å². The molecule has 5 nitrogen and oxygen atoms in total. The molecule has 0 saturated carbocycles. The van der Waals surface area contributed by atoms with Crippen LogP contribution < -0.4 is 10.1 Å². The largest absolute Gasteiger partial charge is 0.497 e. The van der Waals surface area contributed by atoms with Gasteiger partial charge < -0.3 is 10.1 Å². The zero-order chi connectivity index (χ0) is 15.0. The second kappa shape index (κ2) is 8.32. The number of likely N-dealkylation sites (N-methyl/N-ethyl adjacent to an activating group) is 1. The highest BCUT2D eigenvalue weighted by Crippen LogP contribution is 2.12. The summed E-state index contributed by atoms with van der Waals surface area (Å²) in [6.45, 7) is 3.23. The number of benzene rings is 1. The SMILES string of the molecule is CCCN(CC(=O)NC)CC(=O)c1ccc(OC)cc1. The van der Waals surface area contributed by atoms with Crippen LogP contribution in [0.25, 0.3) is 0 Å². The lowest BCUT2D eigenvalue weighted by Crippen LogP contribution is -2.39. The number of carbonyl (C=O) groups excluding carboxylic acids is 2. The van der Waals surface area contributed by atoms with E-state index in [1.165, 1.54) is 0 Å². The number of nitrogens with one attached hydrogen (secondary N) is 1. The van der Waals surface area contributed by atoms with Crippen LogP contribution in [0, 0.1) is 0 Å². The first-order chi connectivity index (χ1) is 9.60. The topological polar surface area (TPSA) is 58.6 Å². The van der Waals surface area contributed by atoms with Crippen molar-refractivity contribution >= 4 is 11.7 Å². The molecule has 0 heterocycles. The Hall–Kier alpha value is -1.88. The Balaban J connectivity index is 2.66. The molecule has 0 aliphatic heterocycles. The Morgan fingerprint density at radius 2 is 1.85 bits per heavy atom. The maximum atomic E-state index is 12.2. The lowest BCUT2D eigenvalue weighted by molar-refractivity contribution is -0.121. The number of hydrogen-bond acceptors (Lipinski definition) is 4. The number of methoxy groups -OCH3 is 1. The van der Waals surface area contributed by atoms with Crippen LogP contribution >= 0.6 is 0 Å². The van der Waals surface area contributed by atoms with Crippen molar-refractivity contribution in [1.82, 2.24) is 10.2 Å². The number of hydrogen-bond donors (Lipinski definition) is 1. The van der Waals surface area contributed by atoms with Gasteiger partial charge in [-0.05, 0) is 37.2 Å². The molecule has 0 saturated heterocycles. The Bertz CT molecular complexity index is 443. The van der Waals surface area contributed by atoms with E-state index < -0.39 is 0 Å². The summed E-state index contributed by atoms with van der Waals surface area (Å²) in [5.41, 5.74) is 0.629. The van der Waals surface area contributed by atoms with Gasteiger partial charge in [0.1, 0.15) is 5.75 Å².